The van der Waals surface area contributed by atoms with E-state index in [0.717, 1.165) is 12.2 Å². The molecular weight excluding hydrogens is 408 g/mol. The van der Waals surface area contributed by atoms with Crippen molar-refractivity contribution in [1.29, 1.82) is 0 Å². The smallest absolute Gasteiger partial charge is 0.257 e. The summed E-state index contributed by atoms with van der Waals surface area (Å²) in [6, 6.07) is 5.10. The first kappa shape index (κ1) is 21.7. The van der Waals surface area contributed by atoms with E-state index in [0.29, 0.717) is 34.4 Å². The van der Waals surface area contributed by atoms with Crippen LogP contribution < -0.4 is 26.1 Å². The molecule has 2 heterocycles. The summed E-state index contributed by atoms with van der Waals surface area (Å²) in [4.78, 5) is 43.4. The molecule has 2 amide bonds. The minimum absolute atomic E-state index is 0.103. The summed E-state index contributed by atoms with van der Waals surface area (Å²) in [6.45, 7) is 3.94. The lowest BCUT2D eigenvalue weighted by molar-refractivity contribution is -0.120. The first-order chi connectivity index (χ1) is 14.4. The standard InChI is InChI=1S/C20H24N4O5S/c1-3-7-30-20-23-18-17(19(27)24-20)12(9-16(26)22-18)11-5-6-13(29-10-15(21)25)14(8-11)28-4-2/h5-6,8,12H,3-4,7,9-10H2,1-2H3,(H2,21,25)(H2,22,23,24,26,27). The van der Waals surface area contributed by atoms with Gasteiger partial charge in [0.1, 0.15) is 5.82 Å². The zero-order valence-corrected chi connectivity index (χ0v) is 17.6. The lowest BCUT2D eigenvalue weighted by atomic mass is 9.86. The molecule has 10 heteroatoms. The predicted octanol–water partition coefficient (Wildman–Crippen LogP) is 2.01. The predicted molar refractivity (Wildman–Crippen MR) is 113 cm³/mol. The third-order valence-corrected chi connectivity index (χ3v) is 5.49. The number of hydrogen-bond acceptors (Lipinski definition) is 7. The number of anilines is 1. The number of nitrogens with two attached hydrogens (primary N) is 1. The van der Waals surface area contributed by atoms with Gasteiger partial charge < -0.3 is 25.5 Å². The topological polar surface area (TPSA) is 136 Å². The van der Waals surface area contributed by atoms with E-state index >= 15 is 0 Å². The minimum atomic E-state index is -0.603. The molecule has 0 bridgehead atoms. The van der Waals surface area contributed by atoms with Crippen LogP contribution in [0.15, 0.2) is 28.2 Å². The lowest BCUT2D eigenvalue weighted by Gasteiger charge is -2.25. The largest absolute Gasteiger partial charge is 0.490 e. The van der Waals surface area contributed by atoms with Gasteiger partial charge in [-0.15, -0.1) is 0 Å². The zero-order valence-electron chi connectivity index (χ0n) is 16.8. The highest BCUT2D eigenvalue weighted by Gasteiger charge is 2.31. The number of thioether (sulfide) groups is 1. The molecule has 9 nitrogen and oxygen atoms in total. The molecule has 4 N–H and O–H groups in total. The van der Waals surface area contributed by atoms with Gasteiger partial charge in [-0.25, -0.2) is 4.98 Å². The second-order valence-electron chi connectivity index (χ2n) is 6.68. The van der Waals surface area contributed by atoms with Gasteiger partial charge in [0.05, 0.1) is 12.2 Å². The first-order valence-electron chi connectivity index (χ1n) is 9.67. The lowest BCUT2D eigenvalue weighted by Crippen LogP contribution is -2.31. The maximum absolute atomic E-state index is 12.8. The Labute approximate surface area is 177 Å². The molecule has 1 aliphatic heterocycles. The fourth-order valence-electron chi connectivity index (χ4n) is 3.18. The van der Waals surface area contributed by atoms with Crippen molar-refractivity contribution in [1.82, 2.24) is 9.97 Å². The molecule has 0 radical (unpaired) electrons. The van der Waals surface area contributed by atoms with Crippen molar-refractivity contribution in [2.24, 2.45) is 5.73 Å². The molecule has 0 saturated heterocycles. The molecule has 1 aliphatic rings. The number of carbonyl (C=O) groups is 2. The van der Waals surface area contributed by atoms with E-state index in [4.69, 9.17) is 15.2 Å². The molecule has 0 spiro atoms. The van der Waals surface area contributed by atoms with Crippen LogP contribution in [0.25, 0.3) is 0 Å². The Morgan fingerprint density at radius 3 is 2.77 bits per heavy atom. The molecule has 0 fully saturated rings. The molecule has 1 unspecified atom stereocenters. The van der Waals surface area contributed by atoms with Crippen molar-refractivity contribution < 1.29 is 19.1 Å². The number of carbonyl (C=O) groups excluding carboxylic acids is 2. The van der Waals surface area contributed by atoms with Crippen molar-refractivity contribution in [2.45, 2.75) is 37.8 Å². The summed E-state index contributed by atoms with van der Waals surface area (Å²) in [6.07, 6.45) is 1.04. The number of aromatic nitrogens is 2. The summed E-state index contributed by atoms with van der Waals surface area (Å²) < 4.78 is 11.0. The van der Waals surface area contributed by atoms with Crippen LogP contribution >= 0.6 is 11.8 Å². The molecule has 1 atom stereocenters. The van der Waals surface area contributed by atoms with Crippen LogP contribution in [-0.2, 0) is 9.59 Å². The number of fused-ring (bicyclic) bond motifs is 1. The fraction of sp³-hybridized carbons (Fsp3) is 0.400. The Morgan fingerprint density at radius 1 is 1.27 bits per heavy atom. The van der Waals surface area contributed by atoms with E-state index in [1.54, 1.807) is 18.2 Å². The maximum atomic E-state index is 12.8. The van der Waals surface area contributed by atoms with Crippen LogP contribution in [0.1, 0.15) is 43.7 Å². The Hall–Kier alpha value is -3.01. The molecule has 2 aromatic rings. The van der Waals surface area contributed by atoms with E-state index in [1.165, 1.54) is 11.8 Å². The molecule has 30 heavy (non-hydrogen) atoms. The summed E-state index contributed by atoms with van der Waals surface area (Å²) in [5.74, 6) is 0.549. The molecule has 0 aliphatic carbocycles. The number of benzene rings is 1. The van der Waals surface area contributed by atoms with E-state index in [9.17, 15) is 14.4 Å². The van der Waals surface area contributed by atoms with Crippen molar-refractivity contribution in [2.75, 3.05) is 24.3 Å². The maximum Gasteiger partial charge on any atom is 0.257 e. The second kappa shape index (κ2) is 9.66. The first-order valence-corrected chi connectivity index (χ1v) is 10.7. The number of hydrogen-bond donors (Lipinski definition) is 3. The van der Waals surface area contributed by atoms with E-state index in [1.807, 2.05) is 13.8 Å². The van der Waals surface area contributed by atoms with Gasteiger partial charge in [-0.3, -0.25) is 14.4 Å². The van der Waals surface area contributed by atoms with E-state index in [2.05, 4.69) is 15.3 Å². The average molecular weight is 433 g/mol. The van der Waals surface area contributed by atoms with Crippen LogP contribution in [-0.4, -0.2) is 40.7 Å². The minimum Gasteiger partial charge on any atom is -0.490 e. The monoisotopic (exact) mass is 432 g/mol. The van der Waals surface area contributed by atoms with Gasteiger partial charge in [-0.2, -0.15) is 0 Å². The van der Waals surface area contributed by atoms with Crippen LogP contribution in [0.3, 0.4) is 0 Å². The quantitative estimate of drug-likeness (QED) is 0.407. The number of ether oxygens (including phenoxy) is 2. The molecular formula is C20H24N4O5S. The van der Waals surface area contributed by atoms with Crippen LogP contribution in [0.2, 0.25) is 0 Å². The number of primary amides is 1. The molecule has 0 saturated carbocycles. The molecule has 1 aromatic carbocycles. The summed E-state index contributed by atoms with van der Waals surface area (Å²) >= 11 is 1.43. The third kappa shape index (κ3) is 4.93. The SMILES string of the molecule is CCCSc1nc2c(c(=O)[nH]1)C(c1ccc(OCC(N)=O)c(OCC)c1)CC(=O)N2. The van der Waals surface area contributed by atoms with Gasteiger partial charge in [0.2, 0.25) is 5.91 Å². The highest BCUT2D eigenvalue weighted by atomic mass is 32.2. The van der Waals surface area contributed by atoms with Crippen LogP contribution in [0.4, 0.5) is 5.82 Å². The van der Waals surface area contributed by atoms with Crippen molar-refractivity contribution in [3.05, 3.63) is 39.7 Å². The van der Waals surface area contributed by atoms with Gasteiger partial charge in [-0.1, -0.05) is 24.8 Å². The van der Waals surface area contributed by atoms with Gasteiger partial charge in [-0.05, 0) is 31.0 Å². The van der Waals surface area contributed by atoms with Gasteiger partial charge in [0.25, 0.3) is 11.5 Å². The van der Waals surface area contributed by atoms with E-state index in [-0.39, 0.29) is 30.3 Å². The van der Waals surface area contributed by atoms with Crippen molar-refractivity contribution in [3.63, 3.8) is 0 Å². The third-order valence-electron chi connectivity index (χ3n) is 4.41. The number of nitrogens with zero attached hydrogens (tertiary/aromatic N) is 1. The number of H-pyrrole nitrogens is 1. The number of amides is 2. The fourth-order valence-corrected chi connectivity index (χ4v) is 3.90. The van der Waals surface area contributed by atoms with Gasteiger partial charge in [0, 0.05) is 18.1 Å². The van der Waals surface area contributed by atoms with Gasteiger partial charge in [0.15, 0.2) is 23.3 Å². The van der Waals surface area contributed by atoms with E-state index < -0.39 is 11.8 Å². The Morgan fingerprint density at radius 2 is 2.07 bits per heavy atom. The summed E-state index contributed by atoms with van der Waals surface area (Å²) in [7, 11) is 0. The number of aromatic amines is 1. The zero-order chi connectivity index (χ0) is 21.7. The Balaban J connectivity index is 2.00. The average Bonchev–Trinajstić information content (AvgIpc) is 2.70. The normalized spacial score (nSPS) is 15.3. The summed E-state index contributed by atoms with van der Waals surface area (Å²) in [5, 5.41) is 3.19. The van der Waals surface area contributed by atoms with Gasteiger partial charge >= 0.3 is 0 Å². The summed E-state index contributed by atoms with van der Waals surface area (Å²) in [5.41, 5.74) is 5.98. The van der Waals surface area contributed by atoms with Crippen molar-refractivity contribution in [3.8, 4) is 11.5 Å². The number of rotatable bonds is 9. The molecule has 160 valence electrons. The highest BCUT2D eigenvalue weighted by Crippen LogP contribution is 2.38. The van der Waals surface area contributed by atoms with Crippen LogP contribution in [0.5, 0.6) is 11.5 Å². The van der Waals surface area contributed by atoms with Crippen LogP contribution in [0, 0.1) is 0 Å². The highest BCUT2D eigenvalue weighted by molar-refractivity contribution is 7.99. The Bertz CT molecular complexity index is 1010. The second-order valence-corrected chi connectivity index (χ2v) is 7.76. The number of nitrogens with one attached hydrogen (secondary N) is 2. The molecule has 1 aromatic heterocycles. The van der Waals surface area contributed by atoms with Crippen molar-refractivity contribution >= 4 is 29.4 Å². The Kier molecular flexibility index (Phi) is 6.99. The molecule has 3 rings (SSSR count).